The average molecular weight is 427 g/mol. The Hall–Kier alpha value is -2.56. The zero-order chi connectivity index (χ0) is 24.0. The van der Waals surface area contributed by atoms with Gasteiger partial charge in [-0.3, -0.25) is 0 Å². The lowest BCUT2D eigenvalue weighted by Gasteiger charge is -2.31. The van der Waals surface area contributed by atoms with Gasteiger partial charge in [-0.05, 0) is 70.9 Å². The molecular formula is C26H42N4O. The summed E-state index contributed by atoms with van der Waals surface area (Å²) in [6, 6.07) is 0. The third-order valence-electron chi connectivity index (χ3n) is 6.20. The first-order valence-electron chi connectivity index (χ1n) is 11.2. The summed E-state index contributed by atoms with van der Waals surface area (Å²) >= 11 is 0. The quantitative estimate of drug-likeness (QED) is 0.438. The van der Waals surface area contributed by atoms with Crippen LogP contribution in [-0.4, -0.2) is 0 Å². The van der Waals surface area contributed by atoms with E-state index >= 15 is 0 Å². The van der Waals surface area contributed by atoms with Gasteiger partial charge in [0.05, 0.1) is 22.7 Å². The molecule has 0 fully saturated rings. The molecule has 5 heteroatoms. The van der Waals surface area contributed by atoms with Gasteiger partial charge >= 0.3 is 0 Å². The molecule has 5 nitrogen and oxygen atoms in total. The van der Waals surface area contributed by atoms with Crippen molar-refractivity contribution in [2.75, 3.05) is 22.9 Å². The number of nitrogens with two attached hydrogens (primary N) is 4. The molecule has 2 aromatic carbocycles. The molecule has 0 saturated heterocycles. The zero-order valence-corrected chi connectivity index (χ0v) is 21.1. The lowest BCUT2D eigenvalue weighted by Crippen LogP contribution is -2.20. The van der Waals surface area contributed by atoms with E-state index in [2.05, 4.69) is 55.4 Å². The Morgan fingerprint density at radius 2 is 0.871 bits per heavy atom. The first-order valence-corrected chi connectivity index (χ1v) is 11.2. The molecule has 0 aliphatic heterocycles. The second-order valence-electron chi connectivity index (χ2n) is 10.6. The number of hydrogen-bond acceptors (Lipinski definition) is 5. The maximum Gasteiger partial charge on any atom is 0.173 e. The Kier molecular flexibility index (Phi) is 6.52. The molecule has 0 atom stereocenters. The Morgan fingerprint density at radius 3 is 1.10 bits per heavy atom. The van der Waals surface area contributed by atoms with Crippen molar-refractivity contribution in [1.82, 2.24) is 0 Å². The summed E-state index contributed by atoms with van der Waals surface area (Å²) in [5.41, 5.74) is 34.9. The lowest BCUT2D eigenvalue weighted by molar-refractivity contribution is 0.487. The monoisotopic (exact) mass is 426 g/mol. The maximum absolute atomic E-state index is 6.63. The van der Waals surface area contributed by atoms with Gasteiger partial charge in [0.15, 0.2) is 11.5 Å². The summed E-state index contributed by atoms with van der Waals surface area (Å²) in [7, 11) is 0. The van der Waals surface area contributed by atoms with E-state index in [4.69, 9.17) is 27.7 Å². The van der Waals surface area contributed by atoms with Crippen molar-refractivity contribution in [3.63, 3.8) is 0 Å². The third kappa shape index (κ3) is 4.15. The van der Waals surface area contributed by atoms with Gasteiger partial charge in [-0.15, -0.1) is 0 Å². The highest BCUT2D eigenvalue weighted by atomic mass is 16.5. The molecular weight excluding hydrogens is 384 g/mol. The second kappa shape index (κ2) is 8.18. The van der Waals surface area contributed by atoms with Crippen molar-refractivity contribution in [1.29, 1.82) is 0 Å². The largest absolute Gasteiger partial charge is 0.449 e. The van der Waals surface area contributed by atoms with Crippen LogP contribution < -0.4 is 27.7 Å². The molecule has 0 bridgehead atoms. The van der Waals surface area contributed by atoms with Gasteiger partial charge in [-0.2, -0.15) is 0 Å². The Bertz CT molecular complexity index is 927. The summed E-state index contributed by atoms with van der Waals surface area (Å²) in [6.07, 6.45) is 1.56. The van der Waals surface area contributed by atoms with Gasteiger partial charge in [0.1, 0.15) is 0 Å². The van der Waals surface area contributed by atoms with E-state index in [0.29, 0.717) is 34.2 Å². The summed E-state index contributed by atoms with van der Waals surface area (Å²) < 4.78 is 6.38. The molecule has 0 saturated carbocycles. The normalized spacial score (nSPS) is 12.3. The van der Waals surface area contributed by atoms with Crippen molar-refractivity contribution >= 4 is 22.7 Å². The van der Waals surface area contributed by atoms with Crippen molar-refractivity contribution in [3.8, 4) is 11.5 Å². The number of ether oxygens (including phenoxy) is 1. The fourth-order valence-corrected chi connectivity index (χ4v) is 4.98. The van der Waals surface area contributed by atoms with E-state index in [-0.39, 0.29) is 10.8 Å². The van der Waals surface area contributed by atoms with Crippen LogP contribution in [0.3, 0.4) is 0 Å². The first-order chi connectivity index (χ1) is 14.1. The summed E-state index contributed by atoms with van der Waals surface area (Å²) in [5.74, 6) is 0.899. The van der Waals surface area contributed by atoms with Crippen LogP contribution in [0.25, 0.3) is 0 Å². The minimum atomic E-state index is -0.0887. The number of rotatable bonds is 4. The second-order valence-corrected chi connectivity index (χ2v) is 10.6. The summed E-state index contributed by atoms with van der Waals surface area (Å²) in [4.78, 5) is 0. The molecule has 2 aromatic rings. The fraction of sp³-hybridized carbons (Fsp3) is 0.538. The molecule has 0 aliphatic carbocycles. The number of benzene rings is 2. The van der Waals surface area contributed by atoms with Crippen LogP contribution in [0.5, 0.6) is 11.5 Å². The van der Waals surface area contributed by atoms with Crippen LogP contribution in [0.1, 0.15) is 88.8 Å². The Morgan fingerprint density at radius 1 is 0.581 bits per heavy atom. The zero-order valence-electron chi connectivity index (χ0n) is 21.1. The lowest BCUT2D eigenvalue weighted by atomic mass is 9.78. The molecule has 8 N–H and O–H groups in total. The van der Waals surface area contributed by atoms with E-state index in [1.165, 1.54) is 11.1 Å². The van der Waals surface area contributed by atoms with Gasteiger partial charge in [0, 0.05) is 0 Å². The SMILES string of the molecule is CCc1c(N)c(Oc2c(N)c(C)c(C(C)(C)C)c(CC)c2N)c(N)c(C)c1C(C)(C)C. The van der Waals surface area contributed by atoms with Gasteiger partial charge in [-0.25, -0.2) is 0 Å². The predicted molar refractivity (Wildman–Crippen MR) is 136 cm³/mol. The minimum Gasteiger partial charge on any atom is -0.449 e. The molecule has 0 spiro atoms. The standard InChI is InChI=1S/C26H42N4O/c1-11-15-17(25(5,6)7)13(3)19(27)23(21(15)29)31-24-20(28)14(4)18(26(8,9)10)16(12-2)22(24)30/h11-12,27-30H2,1-10H3. The highest BCUT2D eigenvalue weighted by Gasteiger charge is 2.30. The molecule has 2 rings (SSSR count). The van der Waals surface area contributed by atoms with E-state index in [9.17, 15) is 0 Å². The highest BCUT2D eigenvalue weighted by Crippen LogP contribution is 2.49. The molecule has 0 heterocycles. The Balaban J connectivity index is 2.84. The number of anilines is 4. The molecule has 0 aliphatic rings. The summed E-state index contributed by atoms with van der Waals surface area (Å²) in [5, 5.41) is 0. The molecule has 0 unspecified atom stereocenters. The summed E-state index contributed by atoms with van der Waals surface area (Å²) in [6.45, 7) is 21.3. The van der Waals surface area contributed by atoms with Crippen LogP contribution in [0.15, 0.2) is 0 Å². The average Bonchev–Trinajstić information content (AvgIpc) is 2.64. The molecule has 0 radical (unpaired) electrons. The minimum absolute atomic E-state index is 0.0887. The van der Waals surface area contributed by atoms with Crippen molar-refractivity contribution in [3.05, 3.63) is 33.4 Å². The van der Waals surface area contributed by atoms with Crippen LogP contribution in [-0.2, 0) is 23.7 Å². The third-order valence-corrected chi connectivity index (χ3v) is 6.20. The maximum atomic E-state index is 6.63. The van der Waals surface area contributed by atoms with E-state index in [1.54, 1.807) is 0 Å². The first kappa shape index (κ1) is 24.7. The van der Waals surface area contributed by atoms with E-state index < -0.39 is 0 Å². The van der Waals surface area contributed by atoms with E-state index in [0.717, 1.165) is 35.1 Å². The van der Waals surface area contributed by atoms with Crippen LogP contribution in [0.2, 0.25) is 0 Å². The number of nitrogen functional groups attached to an aromatic ring is 4. The van der Waals surface area contributed by atoms with Crippen LogP contribution >= 0.6 is 0 Å². The number of hydrogen-bond donors (Lipinski definition) is 4. The smallest absolute Gasteiger partial charge is 0.173 e. The van der Waals surface area contributed by atoms with E-state index in [1.807, 2.05) is 13.8 Å². The molecule has 0 amide bonds. The highest BCUT2D eigenvalue weighted by molar-refractivity contribution is 5.82. The Labute approximate surface area is 188 Å². The van der Waals surface area contributed by atoms with Gasteiger partial charge < -0.3 is 27.7 Å². The van der Waals surface area contributed by atoms with Crippen LogP contribution in [0, 0.1) is 13.8 Å². The molecule has 31 heavy (non-hydrogen) atoms. The van der Waals surface area contributed by atoms with Gasteiger partial charge in [-0.1, -0.05) is 55.4 Å². The van der Waals surface area contributed by atoms with Gasteiger partial charge in [0.2, 0.25) is 0 Å². The van der Waals surface area contributed by atoms with Crippen molar-refractivity contribution in [2.24, 2.45) is 0 Å². The topological polar surface area (TPSA) is 113 Å². The fourth-order valence-electron chi connectivity index (χ4n) is 4.98. The van der Waals surface area contributed by atoms with Crippen molar-refractivity contribution in [2.45, 2.75) is 92.9 Å². The van der Waals surface area contributed by atoms with Gasteiger partial charge in [0.25, 0.3) is 0 Å². The molecule has 0 aromatic heterocycles. The molecule has 172 valence electrons. The van der Waals surface area contributed by atoms with Crippen LogP contribution in [0.4, 0.5) is 22.7 Å². The van der Waals surface area contributed by atoms with Crippen molar-refractivity contribution < 1.29 is 4.74 Å². The predicted octanol–water partition coefficient (Wildman–Crippen LogP) is 6.14.